The van der Waals surface area contributed by atoms with Crippen LogP contribution in [0.5, 0.6) is 0 Å². The number of hydrogen-bond acceptors (Lipinski definition) is 5. The Morgan fingerprint density at radius 2 is 1.81 bits per heavy atom. The molecule has 0 spiro atoms. The minimum absolute atomic E-state index is 0. The Labute approximate surface area is 166 Å². The van der Waals surface area contributed by atoms with Crippen LogP contribution in [-0.2, 0) is 10.0 Å². The molecule has 27 heavy (non-hydrogen) atoms. The van der Waals surface area contributed by atoms with Gasteiger partial charge in [-0.15, -0.1) is 12.4 Å². The zero-order chi connectivity index (χ0) is 18.6. The minimum Gasteiger partial charge on any atom is -0.316 e. The fraction of sp³-hybridized carbons (Fsp3) is 0.556. The van der Waals surface area contributed by atoms with Crippen LogP contribution in [0.15, 0.2) is 24.3 Å². The number of nitrogens with one attached hydrogen (secondary N) is 2. The number of sulfonamides is 1. The monoisotopic (exact) mass is 415 g/mol. The predicted molar refractivity (Wildman–Crippen MR) is 106 cm³/mol. The molecule has 0 aromatic heterocycles. The van der Waals surface area contributed by atoms with E-state index in [0.29, 0.717) is 23.6 Å². The van der Waals surface area contributed by atoms with Crippen molar-refractivity contribution in [3.63, 3.8) is 0 Å². The first kappa shape index (κ1) is 21.8. The molecular formula is C18H26ClN3O4S. The molecule has 1 saturated heterocycles. The van der Waals surface area contributed by atoms with E-state index in [2.05, 4.69) is 10.0 Å². The smallest absolute Gasteiger partial charge is 0.261 e. The lowest BCUT2D eigenvalue weighted by Gasteiger charge is -2.22. The Balaban J connectivity index is 0.00000261. The molecule has 7 nitrogen and oxygen atoms in total. The van der Waals surface area contributed by atoms with Crippen LogP contribution in [-0.4, -0.2) is 57.1 Å². The third-order valence-electron chi connectivity index (χ3n) is 4.95. The van der Waals surface area contributed by atoms with Crippen LogP contribution in [0.1, 0.15) is 46.4 Å². The van der Waals surface area contributed by atoms with Crippen molar-refractivity contribution in [1.29, 1.82) is 0 Å². The number of hydrogen-bond donors (Lipinski definition) is 2. The molecule has 2 heterocycles. The van der Waals surface area contributed by atoms with Gasteiger partial charge < -0.3 is 5.32 Å². The summed E-state index contributed by atoms with van der Waals surface area (Å²) in [4.78, 5) is 25.6. The average molecular weight is 416 g/mol. The van der Waals surface area contributed by atoms with Gasteiger partial charge in [-0.05, 0) is 56.8 Å². The van der Waals surface area contributed by atoms with E-state index in [1.165, 1.54) is 0 Å². The molecule has 0 radical (unpaired) electrons. The number of fused-ring (bicyclic) bond motifs is 1. The van der Waals surface area contributed by atoms with Crippen molar-refractivity contribution in [2.45, 2.75) is 25.7 Å². The molecule has 2 aliphatic heterocycles. The van der Waals surface area contributed by atoms with Gasteiger partial charge in [0.15, 0.2) is 0 Å². The molecule has 1 aromatic carbocycles. The van der Waals surface area contributed by atoms with Crippen LogP contribution >= 0.6 is 12.4 Å². The van der Waals surface area contributed by atoms with Gasteiger partial charge in [-0.1, -0.05) is 12.1 Å². The van der Waals surface area contributed by atoms with Gasteiger partial charge in [-0.3, -0.25) is 14.5 Å². The number of nitrogens with zero attached hydrogens (tertiary/aromatic N) is 1. The topological polar surface area (TPSA) is 95.6 Å². The molecule has 2 amide bonds. The number of benzene rings is 1. The van der Waals surface area contributed by atoms with E-state index >= 15 is 0 Å². The Morgan fingerprint density at radius 3 is 2.41 bits per heavy atom. The van der Waals surface area contributed by atoms with Gasteiger partial charge in [0, 0.05) is 13.1 Å². The van der Waals surface area contributed by atoms with Crippen LogP contribution in [0.4, 0.5) is 0 Å². The molecule has 2 aliphatic rings. The Morgan fingerprint density at radius 1 is 1.15 bits per heavy atom. The summed E-state index contributed by atoms with van der Waals surface area (Å²) in [5, 5.41) is 3.32. The maximum Gasteiger partial charge on any atom is 0.261 e. The molecule has 1 atom stereocenters. The number of carbonyl (C=O) groups excluding carboxylic acids is 2. The molecule has 0 aliphatic carbocycles. The van der Waals surface area contributed by atoms with Crippen molar-refractivity contribution in [2.75, 3.05) is 31.9 Å². The molecule has 150 valence electrons. The van der Waals surface area contributed by atoms with E-state index in [9.17, 15) is 18.0 Å². The largest absolute Gasteiger partial charge is 0.316 e. The molecule has 1 aromatic rings. The van der Waals surface area contributed by atoms with E-state index < -0.39 is 10.0 Å². The van der Waals surface area contributed by atoms with Crippen molar-refractivity contribution in [3.8, 4) is 0 Å². The second-order valence-corrected chi connectivity index (χ2v) is 8.80. The zero-order valence-corrected chi connectivity index (χ0v) is 16.8. The molecule has 0 bridgehead atoms. The Bertz CT molecular complexity index is 744. The van der Waals surface area contributed by atoms with Gasteiger partial charge in [0.1, 0.15) is 0 Å². The normalized spacial score (nSPS) is 19.7. The molecule has 9 heteroatoms. The highest BCUT2D eigenvalue weighted by Gasteiger charge is 2.34. The molecule has 3 rings (SSSR count). The molecule has 2 N–H and O–H groups in total. The minimum atomic E-state index is -3.40. The summed E-state index contributed by atoms with van der Waals surface area (Å²) in [5.41, 5.74) is 0.777. The van der Waals surface area contributed by atoms with Crippen molar-refractivity contribution in [1.82, 2.24) is 14.9 Å². The predicted octanol–water partition coefficient (Wildman–Crippen LogP) is 1.40. The fourth-order valence-electron chi connectivity index (χ4n) is 3.52. The first-order valence-corrected chi connectivity index (χ1v) is 10.8. The first-order valence-electron chi connectivity index (χ1n) is 9.11. The van der Waals surface area contributed by atoms with E-state index in [1.54, 1.807) is 24.3 Å². The standard InChI is InChI=1S/C18H25N3O4S.ClH/c22-17-15-6-1-2-7-16(15)18(23)21(17)11-4-12-26(24,25)20-10-8-14-5-3-9-19-13-14;/h1-2,6-7,14,19-20H,3-5,8-13H2;1H. The van der Waals surface area contributed by atoms with E-state index in [4.69, 9.17) is 0 Å². The third kappa shape index (κ3) is 5.51. The molecular weight excluding hydrogens is 390 g/mol. The highest BCUT2D eigenvalue weighted by molar-refractivity contribution is 7.89. The molecule has 1 unspecified atom stereocenters. The second kappa shape index (κ2) is 9.64. The molecule has 1 fully saturated rings. The van der Waals surface area contributed by atoms with Crippen molar-refractivity contribution >= 4 is 34.2 Å². The van der Waals surface area contributed by atoms with Gasteiger partial charge in [-0.2, -0.15) is 0 Å². The van der Waals surface area contributed by atoms with Crippen molar-refractivity contribution < 1.29 is 18.0 Å². The van der Waals surface area contributed by atoms with Gasteiger partial charge in [0.05, 0.1) is 16.9 Å². The number of imide groups is 1. The van der Waals surface area contributed by atoms with Crippen LogP contribution in [0.3, 0.4) is 0 Å². The second-order valence-electron chi connectivity index (χ2n) is 6.88. The number of rotatable bonds is 8. The highest BCUT2D eigenvalue weighted by atomic mass is 35.5. The number of piperidine rings is 1. The number of amides is 2. The summed E-state index contributed by atoms with van der Waals surface area (Å²) >= 11 is 0. The highest BCUT2D eigenvalue weighted by Crippen LogP contribution is 2.22. The summed E-state index contributed by atoms with van der Waals surface area (Å²) in [5.74, 6) is -0.269. The molecule has 0 saturated carbocycles. The Hall–Kier alpha value is -1.48. The lowest BCUT2D eigenvalue weighted by atomic mass is 9.96. The quantitative estimate of drug-likeness (QED) is 0.626. The summed E-state index contributed by atoms with van der Waals surface area (Å²) in [7, 11) is -3.40. The van der Waals surface area contributed by atoms with Crippen LogP contribution < -0.4 is 10.0 Å². The fourth-order valence-corrected chi connectivity index (χ4v) is 4.60. The van der Waals surface area contributed by atoms with E-state index in [0.717, 1.165) is 37.3 Å². The van der Waals surface area contributed by atoms with Crippen LogP contribution in [0, 0.1) is 5.92 Å². The first-order chi connectivity index (χ1) is 12.5. The van der Waals surface area contributed by atoms with Crippen molar-refractivity contribution in [2.24, 2.45) is 5.92 Å². The van der Waals surface area contributed by atoms with Gasteiger partial charge in [0.2, 0.25) is 10.0 Å². The SMILES string of the molecule is Cl.O=C1c2ccccc2C(=O)N1CCCS(=O)(=O)NCCC1CCCNC1. The summed E-state index contributed by atoms with van der Waals surface area (Å²) < 4.78 is 26.9. The summed E-state index contributed by atoms with van der Waals surface area (Å²) in [6.45, 7) is 2.53. The van der Waals surface area contributed by atoms with Gasteiger partial charge in [-0.25, -0.2) is 13.1 Å². The third-order valence-corrected chi connectivity index (χ3v) is 6.42. The Kier molecular flexibility index (Phi) is 7.79. The maximum atomic E-state index is 12.2. The number of halogens is 1. The number of carbonyl (C=O) groups is 2. The zero-order valence-electron chi connectivity index (χ0n) is 15.1. The van der Waals surface area contributed by atoms with E-state index in [-0.39, 0.29) is 42.9 Å². The summed E-state index contributed by atoms with van der Waals surface area (Å²) in [6.07, 6.45) is 3.32. The summed E-state index contributed by atoms with van der Waals surface area (Å²) in [6, 6.07) is 6.66. The van der Waals surface area contributed by atoms with Crippen LogP contribution in [0.25, 0.3) is 0 Å². The lowest BCUT2D eigenvalue weighted by Crippen LogP contribution is -2.35. The average Bonchev–Trinajstić information content (AvgIpc) is 2.88. The van der Waals surface area contributed by atoms with Crippen LogP contribution in [0.2, 0.25) is 0 Å². The maximum absolute atomic E-state index is 12.2. The lowest BCUT2D eigenvalue weighted by molar-refractivity contribution is 0.0654. The van der Waals surface area contributed by atoms with Crippen molar-refractivity contribution in [3.05, 3.63) is 35.4 Å². The van der Waals surface area contributed by atoms with Gasteiger partial charge in [0.25, 0.3) is 11.8 Å². The van der Waals surface area contributed by atoms with Gasteiger partial charge >= 0.3 is 0 Å². The van der Waals surface area contributed by atoms with E-state index in [1.807, 2.05) is 0 Å².